The maximum Gasteiger partial charge on any atom is -0.0233 e. The molecule has 13 heavy (non-hydrogen) atoms. The van der Waals surface area contributed by atoms with E-state index in [4.69, 9.17) is 0 Å². The lowest BCUT2D eigenvalue weighted by atomic mass is 10.1. The molecule has 0 spiro atoms. The second-order valence-electron chi connectivity index (χ2n) is 2.53. The lowest BCUT2D eigenvalue weighted by Gasteiger charge is -1.96. The zero-order valence-electron chi connectivity index (χ0n) is 8.16. The standard InChI is InChI=1S/C13H16/c1-5-8-10-12(4)13(7-3)11-9-6-2/h5-11H,1-3H2,4H3/b10-8-,11-9-,13-12+. The molecule has 68 valence electrons. The van der Waals surface area contributed by atoms with E-state index in [2.05, 4.69) is 19.7 Å². The van der Waals surface area contributed by atoms with Crippen molar-refractivity contribution in [3.8, 4) is 0 Å². The van der Waals surface area contributed by atoms with Crippen LogP contribution in [0.15, 0.2) is 73.4 Å². The van der Waals surface area contributed by atoms with E-state index in [9.17, 15) is 0 Å². The molecule has 0 rings (SSSR count). The van der Waals surface area contributed by atoms with Crippen LogP contribution in [-0.4, -0.2) is 0 Å². The predicted octanol–water partition coefficient (Wildman–Crippen LogP) is 3.97. The Morgan fingerprint density at radius 2 is 1.46 bits per heavy atom. The Kier molecular flexibility index (Phi) is 6.26. The highest BCUT2D eigenvalue weighted by molar-refractivity contribution is 5.40. The molecule has 0 nitrogen and oxygen atoms in total. The molecule has 0 heteroatoms. The molecule has 0 N–H and O–H groups in total. The molecule has 0 fully saturated rings. The van der Waals surface area contributed by atoms with Crippen LogP contribution >= 0.6 is 0 Å². The Hall–Kier alpha value is -1.56. The Labute approximate surface area is 81.0 Å². The van der Waals surface area contributed by atoms with Crippen LogP contribution in [0.1, 0.15) is 6.92 Å². The number of allylic oxidation sites excluding steroid dienone is 9. The summed E-state index contributed by atoms with van der Waals surface area (Å²) in [5.41, 5.74) is 2.26. The molecule has 0 aromatic carbocycles. The number of hydrogen-bond acceptors (Lipinski definition) is 0. The summed E-state index contributed by atoms with van der Waals surface area (Å²) in [6, 6.07) is 0. The molecule has 0 aromatic heterocycles. The highest BCUT2D eigenvalue weighted by Crippen LogP contribution is 2.08. The molecule has 0 unspecified atom stereocenters. The summed E-state index contributed by atoms with van der Waals surface area (Å²) in [5.74, 6) is 0. The topological polar surface area (TPSA) is 0 Å². The van der Waals surface area contributed by atoms with Crippen LogP contribution in [0.4, 0.5) is 0 Å². The van der Waals surface area contributed by atoms with Crippen LogP contribution in [0.3, 0.4) is 0 Å². The number of hydrogen-bond donors (Lipinski definition) is 0. The fraction of sp³-hybridized carbons (Fsp3) is 0.0769. The number of rotatable bonds is 5. The van der Waals surface area contributed by atoms with Gasteiger partial charge in [-0.1, -0.05) is 62.3 Å². The summed E-state index contributed by atoms with van der Waals surface area (Å²) >= 11 is 0. The largest absolute Gasteiger partial charge is 0.0991 e. The third-order valence-electron chi connectivity index (χ3n) is 1.57. The Balaban J connectivity index is 4.77. The molecule has 0 atom stereocenters. The van der Waals surface area contributed by atoms with Crippen molar-refractivity contribution in [3.63, 3.8) is 0 Å². The van der Waals surface area contributed by atoms with Gasteiger partial charge in [0.25, 0.3) is 0 Å². The summed E-state index contributed by atoms with van der Waals surface area (Å²) < 4.78 is 0. The van der Waals surface area contributed by atoms with E-state index in [0.717, 1.165) is 11.1 Å². The Morgan fingerprint density at radius 3 is 1.92 bits per heavy atom. The SMILES string of the molecule is C=C\C=C/C(C)=C(C=C)/C=C\C=C. The Morgan fingerprint density at radius 1 is 0.923 bits per heavy atom. The summed E-state index contributed by atoms with van der Waals surface area (Å²) in [5, 5.41) is 0. The van der Waals surface area contributed by atoms with Gasteiger partial charge in [0.15, 0.2) is 0 Å². The fourth-order valence-corrected chi connectivity index (χ4v) is 0.841. The summed E-state index contributed by atoms with van der Waals surface area (Å²) in [6.07, 6.45) is 13.1. The van der Waals surface area contributed by atoms with Gasteiger partial charge in [-0.3, -0.25) is 0 Å². The molecule has 0 heterocycles. The molecule has 0 aliphatic rings. The normalized spacial score (nSPS) is 13.0. The molecule has 0 bridgehead atoms. The van der Waals surface area contributed by atoms with Crippen LogP contribution in [-0.2, 0) is 0 Å². The Bertz CT molecular complexity index is 272. The van der Waals surface area contributed by atoms with Gasteiger partial charge in [0.05, 0.1) is 0 Å². The maximum atomic E-state index is 3.74. The first-order chi connectivity index (χ1) is 6.26. The van der Waals surface area contributed by atoms with Crippen molar-refractivity contribution in [2.75, 3.05) is 0 Å². The highest BCUT2D eigenvalue weighted by atomic mass is 13.9. The van der Waals surface area contributed by atoms with E-state index in [1.54, 1.807) is 12.2 Å². The van der Waals surface area contributed by atoms with E-state index >= 15 is 0 Å². The van der Waals surface area contributed by atoms with Crippen LogP contribution < -0.4 is 0 Å². The molecule has 0 amide bonds. The zero-order valence-corrected chi connectivity index (χ0v) is 8.16. The van der Waals surface area contributed by atoms with Gasteiger partial charge in [-0.2, -0.15) is 0 Å². The van der Waals surface area contributed by atoms with Crippen molar-refractivity contribution < 1.29 is 0 Å². The highest BCUT2D eigenvalue weighted by Gasteiger charge is 1.88. The van der Waals surface area contributed by atoms with Crippen LogP contribution in [0, 0.1) is 0 Å². The lowest BCUT2D eigenvalue weighted by molar-refractivity contribution is 1.45. The average Bonchev–Trinajstić information content (AvgIpc) is 2.16. The van der Waals surface area contributed by atoms with E-state index in [0.29, 0.717) is 0 Å². The minimum Gasteiger partial charge on any atom is -0.0991 e. The summed E-state index contributed by atoms with van der Waals surface area (Å²) in [7, 11) is 0. The molecule has 0 saturated carbocycles. The maximum absolute atomic E-state index is 3.74. The van der Waals surface area contributed by atoms with Crippen molar-refractivity contribution in [2.24, 2.45) is 0 Å². The molecule has 0 aliphatic heterocycles. The van der Waals surface area contributed by atoms with Crippen molar-refractivity contribution in [1.82, 2.24) is 0 Å². The van der Waals surface area contributed by atoms with Gasteiger partial charge < -0.3 is 0 Å². The third-order valence-corrected chi connectivity index (χ3v) is 1.57. The fourth-order valence-electron chi connectivity index (χ4n) is 0.841. The van der Waals surface area contributed by atoms with Crippen LogP contribution in [0.5, 0.6) is 0 Å². The zero-order chi connectivity index (χ0) is 10.1. The van der Waals surface area contributed by atoms with Gasteiger partial charge in [0.1, 0.15) is 0 Å². The van der Waals surface area contributed by atoms with Crippen LogP contribution in [0.2, 0.25) is 0 Å². The molecular weight excluding hydrogens is 156 g/mol. The van der Waals surface area contributed by atoms with E-state index in [-0.39, 0.29) is 0 Å². The summed E-state index contributed by atoms with van der Waals surface area (Å²) in [6.45, 7) is 13.0. The second-order valence-corrected chi connectivity index (χ2v) is 2.53. The van der Waals surface area contributed by atoms with Gasteiger partial charge >= 0.3 is 0 Å². The second kappa shape index (κ2) is 7.11. The van der Waals surface area contributed by atoms with Crippen LogP contribution in [0.25, 0.3) is 0 Å². The van der Waals surface area contributed by atoms with E-state index in [1.807, 2.05) is 37.3 Å². The first-order valence-electron chi connectivity index (χ1n) is 4.17. The first-order valence-corrected chi connectivity index (χ1v) is 4.17. The van der Waals surface area contributed by atoms with E-state index in [1.165, 1.54) is 0 Å². The van der Waals surface area contributed by atoms with Crippen molar-refractivity contribution in [2.45, 2.75) is 6.92 Å². The van der Waals surface area contributed by atoms with Crippen molar-refractivity contribution in [3.05, 3.63) is 73.4 Å². The monoisotopic (exact) mass is 172 g/mol. The molecule has 0 saturated heterocycles. The summed E-state index contributed by atoms with van der Waals surface area (Å²) in [4.78, 5) is 0. The van der Waals surface area contributed by atoms with Gasteiger partial charge in [-0.15, -0.1) is 0 Å². The molecule has 0 radical (unpaired) electrons. The molecular formula is C13H16. The van der Waals surface area contributed by atoms with Crippen molar-refractivity contribution >= 4 is 0 Å². The van der Waals surface area contributed by atoms with Gasteiger partial charge in [0.2, 0.25) is 0 Å². The quantitative estimate of drug-likeness (QED) is 0.550. The lowest BCUT2D eigenvalue weighted by Crippen LogP contribution is -1.76. The minimum absolute atomic E-state index is 1.10. The first kappa shape index (κ1) is 11.4. The molecule has 0 aliphatic carbocycles. The van der Waals surface area contributed by atoms with Gasteiger partial charge in [-0.25, -0.2) is 0 Å². The van der Waals surface area contributed by atoms with E-state index < -0.39 is 0 Å². The molecule has 0 aromatic rings. The van der Waals surface area contributed by atoms with Crippen molar-refractivity contribution in [1.29, 1.82) is 0 Å². The third kappa shape index (κ3) is 4.81. The minimum atomic E-state index is 1.10. The van der Waals surface area contributed by atoms with Gasteiger partial charge in [0, 0.05) is 0 Å². The smallest absolute Gasteiger partial charge is 0.0233 e. The van der Waals surface area contributed by atoms with Gasteiger partial charge in [-0.05, 0) is 18.1 Å². The average molecular weight is 172 g/mol. The predicted molar refractivity (Wildman–Crippen MR) is 61.6 cm³/mol.